The highest BCUT2D eigenvalue weighted by Gasteiger charge is 2.27. The molecule has 3 rings (SSSR count). The lowest BCUT2D eigenvalue weighted by Gasteiger charge is -2.34. The number of hydrogen-bond donors (Lipinski definition) is 0. The Morgan fingerprint density at radius 1 is 1.04 bits per heavy atom. The molecule has 1 fully saturated rings. The van der Waals surface area contributed by atoms with Crippen LogP contribution in [0.2, 0.25) is 0 Å². The van der Waals surface area contributed by atoms with Crippen LogP contribution < -0.4 is 0 Å². The Balaban J connectivity index is 1.64. The van der Waals surface area contributed by atoms with Gasteiger partial charge in [0.05, 0.1) is 4.92 Å². The Morgan fingerprint density at radius 3 is 2.36 bits per heavy atom. The third kappa shape index (κ3) is 4.05. The van der Waals surface area contributed by atoms with Gasteiger partial charge in [-0.1, -0.05) is 46.3 Å². The molecule has 0 atom stereocenters. The van der Waals surface area contributed by atoms with E-state index in [1.807, 2.05) is 18.2 Å². The molecule has 0 aromatic heterocycles. The zero-order chi connectivity index (χ0) is 17.8. The number of rotatable bonds is 4. The standard InChI is InChI=1S/C18H18BrN3O3/c19-16-7-3-1-5-14(16)13-20-9-11-21(12-10-20)18(23)15-6-2-4-8-17(15)22(24)25/h1-8H,9-13H2. The van der Waals surface area contributed by atoms with E-state index >= 15 is 0 Å². The van der Waals surface area contributed by atoms with Crippen molar-refractivity contribution in [1.29, 1.82) is 0 Å². The maximum absolute atomic E-state index is 12.6. The summed E-state index contributed by atoms with van der Waals surface area (Å²) in [6.07, 6.45) is 0. The monoisotopic (exact) mass is 403 g/mol. The van der Waals surface area contributed by atoms with Crippen LogP contribution in [0.5, 0.6) is 0 Å². The molecule has 2 aromatic rings. The van der Waals surface area contributed by atoms with E-state index < -0.39 is 4.92 Å². The Morgan fingerprint density at radius 2 is 1.68 bits per heavy atom. The molecule has 0 unspecified atom stereocenters. The van der Waals surface area contributed by atoms with E-state index in [4.69, 9.17) is 0 Å². The summed E-state index contributed by atoms with van der Waals surface area (Å²) in [7, 11) is 0. The van der Waals surface area contributed by atoms with Gasteiger partial charge in [-0.05, 0) is 17.7 Å². The van der Waals surface area contributed by atoms with Crippen LogP contribution in [0.1, 0.15) is 15.9 Å². The molecule has 130 valence electrons. The Labute approximate surface area is 154 Å². The van der Waals surface area contributed by atoms with Crippen molar-refractivity contribution in [3.05, 3.63) is 74.2 Å². The van der Waals surface area contributed by atoms with Crippen LogP contribution in [-0.2, 0) is 6.54 Å². The topological polar surface area (TPSA) is 66.7 Å². The van der Waals surface area contributed by atoms with E-state index in [1.54, 1.807) is 17.0 Å². The van der Waals surface area contributed by atoms with E-state index in [-0.39, 0.29) is 17.2 Å². The van der Waals surface area contributed by atoms with Gasteiger partial charge in [0.2, 0.25) is 0 Å². The van der Waals surface area contributed by atoms with Crippen LogP contribution in [-0.4, -0.2) is 46.8 Å². The number of carbonyl (C=O) groups excluding carboxylic acids is 1. The van der Waals surface area contributed by atoms with Crippen LogP contribution in [0.4, 0.5) is 5.69 Å². The van der Waals surface area contributed by atoms with E-state index in [0.29, 0.717) is 13.1 Å². The van der Waals surface area contributed by atoms with Crippen molar-refractivity contribution < 1.29 is 9.72 Å². The van der Waals surface area contributed by atoms with Crippen molar-refractivity contribution in [3.8, 4) is 0 Å². The molecule has 7 heteroatoms. The largest absolute Gasteiger partial charge is 0.336 e. The minimum Gasteiger partial charge on any atom is -0.336 e. The second-order valence-corrected chi connectivity index (χ2v) is 6.79. The first kappa shape index (κ1) is 17.6. The summed E-state index contributed by atoms with van der Waals surface area (Å²) >= 11 is 3.56. The molecule has 1 heterocycles. The molecule has 1 saturated heterocycles. The molecular weight excluding hydrogens is 386 g/mol. The van der Waals surface area contributed by atoms with Crippen molar-refractivity contribution in [2.24, 2.45) is 0 Å². The maximum Gasteiger partial charge on any atom is 0.282 e. The summed E-state index contributed by atoms with van der Waals surface area (Å²) in [5.74, 6) is -0.271. The second-order valence-electron chi connectivity index (χ2n) is 5.93. The first-order valence-corrected chi connectivity index (χ1v) is 8.84. The molecular formula is C18H18BrN3O3. The predicted octanol–water partition coefficient (Wildman–Crippen LogP) is 3.32. The van der Waals surface area contributed by atoms with Crippen LogP contribution in [0.15, 0.2) is 53.0 Å². The van der Waals surface area contributed by atoms with Gasteiger partial charge in [0.1, 0.15) is 5.56 Å². The smallest absolute Gasteiger partial charge is 0.282 e. The maximum atomic E-state index is 12.6. The lowest BCUT2D eigenvalue weighted by Crippen LogP contribution is -2.48. The molecule has 1 aliphatic rings. The van der Waals surface area contributed by atoms with Crippen LogP contribution in [0.3, 0.4) is 0 Å². The average Bonchev–Trinajstić information content (AvgIpc) is 2.63. The van der Waals surface area contributed by atoms with Crippen LogP contribution in [0, 0.1) is 10.1 Å². The lowest BCUT2D eigenvalue weighted by atomic mass is 10.1. The Kier molecular flexibility index (Phi) is 5.45. The number of hydrogen-bond acceptors (Lipinski definition) is 4. The molecule has 0 aliphatic carbocycles. The van der Waals surface area contributed by atoms with Crippen molar-refractivity contribution in [3.63, 3.8) is 0 Å². The second kappa shape index (κ2) is 7.76. The van der Waals surface area contributed by atoms with Gasteiger partial charge in [-0.15, -0.1) is 0 Å². The van der Waals surface area contributed by atoms with E-state index in [2.05, 4.69) is 26.9 Å². The number of para-hydroxylation sites is 1. The highest BCUT2D eigenvalue weighted by atomic mass is 79.9. The molecule has 0 bridgehead atoms. The average molecular weight is 404 g/mol. The molecule has 6 nitrogen and oxygen atoms in total. The molecule has 25 heavy (non-hydrogen) atoms. The van der Waals surface area contributed by atoms with Gasteiger partial charge in [0, 0.05) is 43.3 Å². The summed E-state index contributed by atoms with van der Waals surface area (Å²) in [5.41, 5.74) is 1.23. The molecule has 2 aromatic carbocycles. The van der Waals surface area contributed by atoms with Gasteiger partial charge >= 0.3 is 0 Å². The third-order valence-corrected chi connectivity index (χ3v) is 5.12. The van der Waals surface area contributed by atoms with Gasteiger partial charge in [-0.2, -0.15) is 0 Å². The number of nitro benzene ring substituents is 1. The first-order valence-electron chi connectivity index (χ1n) is 8.04. The van der Waals surface area contributed by atoms with E-state index in [9.17, 15) is 14.9 Å². The number of piperazine rings is 1. The van der Waals surface area contributed by atoms with Crippen LogP contribution in [0.25, 0.3) is 0 Å². The number of nitrogens with zero attached hydrogens (tertiary/aromatic N) is 3. The molecule has 0 radical (unpaired) electrons. The number of nitro groups is 1. The van der Waals surface area contributed by atoms with E-state index in [0.717, 1.165) is 24.1 Å². The molecule has 1 amide bonds. The lowest BCUT2D eigenvalue weighted by molar-refractivity contribution is -0.385. The third-order valence-electron chi connectivity index (χ3n) is 4.34. The summed E-state index contributed by atoms with van der Waals surface area (Å²) in [6, 6.07) is 14.2. The predicted molar refractivity (Wildman–Crippen MR) is 98.4 cm³/mol. The number of halogens is 1. The van der Waals surface area contributed by atoms with Gasteiger partial charge in [-0.25, -0.2) is 0 Å². The fourth-order valence-electron chi connectivity index (χ4n) is 2.96. The minimum absolute atomic E-state index is 0.136. The van der Waals surface area contributed by atoms with Crippen molar-refractivity contribution in [1.82, 2.24) is 9.80 Å². The molecule has 0 saturated carbocycles. The number of amides is 1. The number of benzene rings is 2. The summed E-state index contributed by atoms with van der Waals surface area (Å²) in [6.45, 7) is 3.43. The van der Waals surface area contributed by atoms with Crippen molar-refractivity contribution in [2.75, 3.05) is 26.2 Å². The highest BCUT2D eigenvalue weighted by molar-refractivity contribution is 9.10. The van der Waals surface area contributed by atoms with Crippen molar-refractivity contribution in [2.45, 2.75) is 6.54 Å². The molecule has 0 spiro atoms. The fourth-order valence-corrected chi connectivity index (χ4v) is 3.37. The SMILES string of the molecule is O=C(c1ccccc1[N+](=O)[O-])N1CCN(Cc2ccccc2Br)CC1. The zero-order valence-electron chi connectivity index (χ0n) is 13.6. The number of carbonyl (C=O) groups is 1. The normalized spacial score (nSPS) is 15.2. The Bertz CT molecular complexity index is 789. The van der Waals surface area contributed by atoms with Crippen LogP contribution >= 0.6 is 15.9 Å². The summed E-state index contributed by atoms with van der Waals surface area (Å²) in [4.78, 5) is 27.2. The van der Waals surface area contributed by atoms with Gasteiger partial charge < -0.3 is 4.90 Å². The summed E-state index contributed by atoms with van der Waals surface area (Å²) < 4.78 is 1.08. The van der Waals surface area contributed by atoms with Gasteiger partial charge in [-0.3, -0.25) is 19.8 Å². The van der Waals surface area contributed by atoms with E-state index in [1.165, 1.54) is 17.7 Å². The molecule has 1 aliphatic heterocycles. The quantitative estimate of drug-likeness (QED) is 0.579. The first-order chi connectivity index (χ1) is 12.1. The zero-order valence-corrected chi connectivity index (χ0v) is 15.2. The highest BCUT2D eigenvalue weighted by Crippen LogP contribution is 2.22. The fraction of sp³-hybridized carbons (Fsp3) is 0.278. The minimum atomic E-state index is -0.504. The molecule has 0 N–H and O–H groups in total. The van der Waals surface area contributed by atoms with Gasteiger partial charge in [0.15, 0.2) is 0 Å². The van der Waals surface area contributed by atoms with Crippen molar-refractivity contribution >= 4 is 27.5 Å². The Hall–Kier alpha value is -2.25. The summed E-state index contributed by atoms with van der Waals surface area (Å²) in [5, 5.41) is 11.1. The van der Waals surface area contributed by atoms with Gasteiger partial charge in [0.25, 0.3) is 11.6 Å².